The fourth-order valence-corrected chi connectivity index (χ4v) is 4.02. The van der Waals surface area contributed by atoms with E-state index in [0.717, 1.165) is 18.5 Å². The molecule has 2 aliphatic heterocycles. The Hall–Kier alpha value is -2.83. The van der Waals surface area contributed by atoms with Crippen LogP contribution in [0.4, 0.5) is 10.1 Å². The van der Waals surface area contributed by atoms with E-state index in [-0.39, 0.29) is 23.4 Å². The summed E-state index contributed by atoms with van der Waals surface area (Å²) in [6, 6.07) is 9.32. The Labute approximate surface area is 163 Å². The average molecular weight is 385 g/mol. The lowest BCUT2D eigenvalue weighted by Gasteiger charge is -2.41. The van der Waals surface area contributed by atoms with Crippen LogP contribution in [0.3, 0.4) is 0 Å². The Bertz CT molecular complexity index is 814. The lowest BCUT2D eigenvalue weighted by atomic mass is 10.00. The van der Waals surface area contributed by atoms with Gasteiger partial charge in [0.2, 0.25) is 5.91 Å². The molecule has 2 saturated heterocycles. The van der Waals surface area contributed by atoms with Gasteiger partial charge in [-0.2, -0.15) is 0 Å². The van der Waals surface area contributed by atoms with E-state index >= 15 is 0 Å². The molecule has 3 heterocycles. The summed E-state index contributed by atoms with van der Waals surface area (Å²) in [4.78, 5) is 31.6. The van der Waals surface area contributed by atoms with Crippen molar-refractivity contribution in [1.82, 2.24) is 9.80 Å². The quantitative estimate of drug-likeness (QED) is 0.815. The van der Waals surface area contributed by atoms with Crippen LogP contribution in [-0.2, 0) is 4.79 Å². The van der Waals surface area contributed by atoms with Crippen molar-refractivity contribution in [2.24, 2.45) is 0 Å². The maximum Gasteiger partial charge on any atom is 0.290 e. The second-order valence-electron chi connectivity index (χ2n) is 7.28. The van der Waals surface area contributed by atoms with Gasteiger partial charge < -0.3 is 19.1 Å². The molecule has 2 aliphatic rings. The fourth-order valence-electron chi connectivity index (χ4n) is 4.02. The molecular weight excluding hydrogens is 361 g/mol. The molecule has 1 atom stereocenters. The normalized spacial score (nSPS) is 20.3. The molecule has 0 aliphatic carbocycles. The van der Waals surface area contributed by atoms with Gasteiger partial charge in [0.1, 0.15) is 11.9 Å². The largest absolute Gasteiger partial charge is 0.459 e. The first-order valence-corrected chi connectivity index (χ1v) is 9.77. The van der Waals surface area contributed by atoms with E-state index in [2.05, 4.69) is 4.90 Å². The molecule has 0 spiro atoms. The summed E-state index contributed by atoms with van der Waals surface area (Å²) in [6.45, 7) is 3.14. The number of furan rings is 1. The fraction of sp³-hybridized carbons (Fsp3) is 0.429. The van der Waals surface area contributed by atoms with Crippen LogP contribution in [0, 0.1) is 5.82 Å². The SMILES string of the molecule is O=C(C1CCCCN1C(=O)c1ccco1)N1CCN(c2ccc(F)cc2)CC1. The van der Waals surface area contributed by atoms with Gasteiger partial charge in [0, 0.05) is 38.4 Å². The van der Waals surface area contributed by atoms with Gasteiger partial charge in [0.05, 0.1) is 6.26 Å². The molecule has 0 radical (unpaired) electrons. The Kier molecular flexibility index (Phi) is 5.32. The summed E-state index contributed by atoms with van der Waals surface area (Å²) in [5.74, 6) is -0.177. The maximum atomic E-state index is 13.2. The minimum Gasteiger partial charge on any atom is -0.459 e. The number of carbonyl (C=O) groups is 2. The van der Waals surface area contributed by atoms with Crippen molar-refractivity contribution in [1.29, 1.82) is 0 Å². The van der Waals surface area contributed by atoms with Crippen LogP contribution in [0.25, 0.3) is 0 Å². The molecule has 1 unspecified atom stereocenters. The molecule has 148 valence electrons. The molecule has 0 N–H and O–H groups in total. The zero-order chi connectivity index (χ0) is 19.5. The molecule has 0 saturated carbocycles. The summed E-state index contributed by atoms with van der Waals surface area (Å²) in [5.41, 5.74) is 0.959. The van der Waals surface area contributed by atoms with Gasteiger partial charge in [-0.25, -0.2) is 4.39 Å². The molecule has 7 heteroatoms. The van der Waals surface area contributed by atoms with E-state index in [0.29, 0.717) is 39.1 Å². The standard InChI is InChI=1S/C21H24FN3O3/c22-16-6-8-17(9-7-16)23-11-13-24(14-12-23)20(26)18-4-1-2-10-25(18)21(27)19-5-3-15-28-19/h3,5-9,15,18H,1-2,4,10-14H2. The third-order valence-electron chi connectivity index (χ3n) is 5.56. The number of carbonyl (C=O) groups excluding carboxylic acids is 2. The number of likely N-dealkylation sites (tertiary alicyclic amines) is 1. The number of amides is 2. The average Bonchev–Trinajstić information content (AvgIpc) is 3.28. The number of halogens is 1. The second kappa shape index (κ2) is 8.04. The van der Waals surface area contributed by atoms with Gasteiger partial charge in [0.15, 0.2) is 5.76 Å². The minimum atomic E-state index is -0.427. The third kappa shape index (κ3) is 3.74. The highest BCUT2D eigenvalue weighted by atomic mass is 19.1. The molecule has 1 aromatic carbocycles. The highest BCUT2D eigenvalue weighted by Gasteiger charge is 2.36. The van der Waals surface area contributed by atoms with Gasteiger partial charge in [-0.05, 0) is 55.7 Å². The number of nitrogens with zero attached hydrogens (tertiary/aromatic N) is 3. The highest BCUT2D eigenvalue weighted by molar-refractivity contribution is 5.95. The number of anilines is 1. The first-order valence-electron chi connectivity index (χ1n) is 9.77. The molecule has 2 amide bonds. The predicted octanol–water partition coefficient (Wildman–Crippen LogP) is 2.76. The molecule has 2 fully saturated rings. The topological polar surface area (TPSA) is 57.0 Å². The van der Waals surface area contributed by atoms with E-state index < -0.39 is 6.04 Å². The summed E-state index contributed by atoms with van der Waals surface area (Å²) < 4.78 is 18.4. The molecule has 28 heavy (non-hydrogen) atoms. The number of hydrogen-bond donors (Lipinski definition) is 0. The van der Waals surface area contributed by atoms with Crippen molar-refractivity contribution >= 4 is 17.5 Å². The van der Waals surface area contributed by atoms with Crippen LogP contribution >= 0.6 is 0 Å². The number of piperidine rings is 1. The van der Waals surface area contributed by atoms with Crippen LogP contribution in [-0.4, -0.2) is 60.4 Å². The highest BCUT2D eigenvalue weighted by Crippen LogP contribution is 2.23. The molecule has 4 rings (SSSR count). The Balaban J connectivity index is 1.40. The van der Waals surface area contributed by atoms with Crippen molar-refractivity contribution in [2.45, 2.75) is 25.3 Å². The molecule has 6 nitrogen and oxygen atoms in total. The van der Waals surface area contributed by atoms with Crippen molar-refractivity contribution in [2.75, 3.05) is 37.6 Å². The maximum absolute atomic E-state index is 13.2. The van der Waals surface area contributed by atoms with Gasteiger partial charge in [-0.3, -0.25) is 9.59 Å². The first kappa shape index (κ1) is 18.5. The summed E-state index contributed by atoms with van der Waals surface area (Å²) >= 11 is 0. The second-order valence-corrected chi connectivity index (χ2v) is 7.28. The summed E-state index contributed by atoms with van der Waals surface area (Å²) in [6.07, 6.45) is 3.99. The number of benzene rings is 1. The van der Waals surface area contributed by atoms with Crippen LogP contribution in [0.15, 0.2) is 47.1 Å². The number of rotatable bonds is 3. The van der Waals surface area contributed by atoms with Gasteiger partial charge in [0.25, 0.3) is 5.91 Å². The van der Waals surface area contributed by atoms with Crippen LogP contribution in [0.2, 0.25) is 0 Å². The molecular formula is C21H24FN3O3. The minimum absolute atomic E-state index is 0.0124. The van der Waals surface area contributed by atoms with Crippen molar-refractivity contribution in [3.05, 3.63) is 54.2 Å². The lowest BCUT2D eigenvalue weighted by Crippen LogP contribution is -2.57. The smallest absolute Gasteiger partial charge is 0.290 e. The number of hydrogen-bond acceptors (Lipinski definition) is 4. The van der Waals surface area contributed by atoms with Gasteiger partial charge >= 0.3 is 0 Å². The monoisotopic (exact) mass is 385 g/mol. The van der Waals surface area contributed by atoms with Gasteiger partial charge in [-0.15, -0.1) is 0 Å². The van der Waals surface area contributed by atoms with E-state index in [9.17, 15) is 14.0 Å². The first-order chi connectivity index (χ1) is 13.6. The van der Waals surface area contributed by atoms with E-state index in [1.807, 2.05) is 4.90 Å². The number of piperazine rings is 1. The molecule has 2 aromatic rings. The van der Waals surface area contributed by atoms with Crippen molar-refractivity contribution < 1.29 is 18.4 Å². The Morgan fingerprint density at radius 3 is 2.39 bits per heavy atom. The summed E-state index contributed by atoms with van der Waals surface area (Å²) in [5, 5.41) is 0. The van der Waals surface area contributed by atoms with Crippen molar-refractivity contribution in [3.63, 3.8) is 0 Å². The zero-order valence-corrected chi connectivity index (χ0v) is 15.7. The Morgan fingerprint density at radius 1 is 0.964 bits per heavy atom. The van der Waals surface area contributed by atoms with Crippen LogP contribution < -0.4 is 4.90 Å². The van der Waals surface area contributed by atoms with Gasteiger partial charge in [-0.1, -0.05) is 0 Å². The predicted molar refractivity (Wildman–Crippen MR) is 103 cm³/mol. The lowest BCUT2D eigenvalue weighted by molar-refractivity contribution is -0.137. The van der Waals surface area contributed by atoms with E-state index in [1.54, 1.807) is 29.2 Å². The van der Waals surface area contributed by atoms with E-state index in [1.165, 1.54) is 18.4 Å². The summed E-state index contributed by atoms with van der Waals surface area (Å²) in [7, 11) is 0. The Morgan fingerprint density at radius 2 is 1.71 bits per heavy atom. The van der Waals surface area contributed by atoms with Crippen LogP contribution in [0.5, 0.6) is 0 Å². The molecule has 0 bridgehead atoms. The molecule has 1 aromatic heterocycles. The third-order valence-corrected chi connectivity index (χ3v) is 5.56. The van der Waals surface area contributed by atoms with Crippen LogP contribution in [0.1, 0.15) is 29.8 Å². The van der Waals surface area contributed by atoms with Crippen molar-refractivity contribution in [3.8, 4) is 0 Å². The van der Waals surface area contributed by atoms with E-state index in [4.69, 9.17) is 4.42 Å². The zero-order valence-electron chi connectivity index (χ0n) is 15.7.